The van der Waals surface area contributed by atoms with Gasteiger partial charge in [-0.2, -0.15) is 0 Å². The topological polar surface area (TPSA) is 29.1 Å². The second kappa shape index (κ2) is 9.76. The summed E-state index contributed by atoms with van der Waals surface area (Å²) in [7, 11) is 0. The lowest BCUT2D eigenvalue weighted by atomic mass is 9.86. The van der Waals surface area contributed by atoms with Crippen molar-refractivity contribution >= 4 is 17.5 Å². The minimum Gasteiger partial charge on any atom is -0.356 e. The Bertz CT molecular complexity index is 202. The number of nitrogens with one attached hydrogen (secondary N) is 1. The Labute approximate surface area is 110 Å². The molecule has 1 amide bonds. The molecule has 100 valence electrons. The highest BCUT2D eigenvalue weighted by atomic mass is 35.5. The van der Waals surface area contributed by atoms with Gasteiger partial charge in [0.25, 0.3) is 0 Å². The van der Waals surface area contributed by atoms with Crippen LogP contribution in [0.15, 0.2) is 0 Å². The number of halogens is 1. The van der Waals surface area contributed by atoms with E-state index in [-0.39, 0.29) is 5.91 Å². The van der Waals surface area contributed by atoms with Crippen LogP contribution in [0, 0.1) is 5.92 Å². The van der Waals surface area contributed by atoms with E-state index < -0.39 is 0 Å². The number of hydrogen-bond acceptors (Lipinski definition) is 1. The van der Waals surface area contributed by atoms with Gasteiger partial charge in [-0.25, -0.2) is 0 Å². The molecule has 0 atom stereocenters. The highest BCUT2D eigenvalue weighted by Gasteiger charge is 2.14. The molecule has 1 saturated carbocycles. The van der Waals surface area contributed by atoms with E-state index in [4.69, 9.17) is 11.6 Å². The lowest BCUT2D eigenvalue weighted by Crippen LogP contribution is -2.25. The van der Waals surface area contributed by atoms with Gasteiger partial charge in [0.1, 0.15) is 0 Å². The molecule has 17 heavy (non-hydrogen) atoms. The number of amides is 1. The molecule has 0 bridgehead atoms. The number of unbranched alkanes of at least 4 members (excludes halogenated alkanes) is 2. The van der Waals surface area contributed by atoms with Crippen molar-refractivity contribution < 1.29 is 4.79 Å². The zero-order valence-corrected chi connectivity index (χ0v) is 11.6. The van der Waals surface area contributed by atoms with Crippen LogP contribution in [0.25, 0.3) is 0 Å². The van der Waals surface area contributed by atoms with Gasteiger partial charge in [0.15, 0.2) is 0 Å². The van der Waals surface area contributed by atoms with E-state index in [1.807, 2.05) is 0 Å². The molecule has 1 aliphatic rings. The molecule has 0 saturated heterocycles. The molecule has 1 N–H and O–H groups in total. The molecule has 0 aromatic carbocycles. The van der Waals surface area contributed by atoms with Crippen LogP contribution in [0.4, 0.5) is 0 Å². The quantitative estimate of drug-likeness (QED) is 0.520. The largest absolute Gasteiger partial charge is 0.356 e. The fourth-order valence-corrected chi connectivity index (χ4v) is 2.71. The van der Waals surface area contributed by atoms with Crippen LogP contribution in [0.3, 0.4) is 0 Å². The third-order valence-corrected chi connectivity index (χ3v) is 3.90. The summed E-state index contributed by atoms with van der Waals surface area (Å²) < 4.78 is 0. The molecular weight excluding hydrogens is 234 g/mol. The van der Waals surface area contributed by atoms with Crippen molar-refractivity contribution in [1.82, 2.24) is 5.32 Å². The number of carbonyl (C=O) groups excluding carboxylic acids is 1. The lowest BCUT2D eigenvalue weighted by Gasteiger charge is -2.20. The van der Waals surface area contributed by atoms with E-state index >= 15 is 0 Å². The summed E-state index contributed by atoms with van der Waals surface area (Å²) in [6, 6.07) is 0. The number of carbonyl (C=O) groups is 1. The van der Waals surface area contributed by atoms with E-state index in [1.54, 1.807) is 0 Å². The van der Waals surface area contributed by atoms with Crippen molar-refractivity contribution in [2.45, 2.75) is 64.2 Å². The van der Waals surface area contributed by atoms with Gasteiger partial charge >= 0.3 is 0 Å². The molecule has 0 unspecified atom stereocenters. The molecule has 0 spiro atoms. The summed E-state index contributed by atoms with van der Waals surface area (Å²) in [4.78, 5) is 11.6. The van der Waals surface area contributed by atoms with E-state index in [0.29, 0.717) is 0 Å². The van der Waals surface area contributed by atoms with Gasteiger partial charge in [-0.05, 0) is 25.2 Å². The molecular formula is C14H26ClNO. The molecule has 3 heteroatoms. The maximum atomic E-state index is 11.6. The second-order valence-electron chi connectivity index (χ2n) is 5.14. The highest BCUT2D eigenvalue weighted by Crippen LogP contribution is 2.27. The molecule has 1 rings (SSSR count). The van der Waals surface area contributed by atoms with Crippen molar-refractivity contribution in [3.05, 3.63) is 0 Å². The van der Waals surface area contributed by atoms with Gasteiger partial charge < -0.3 is 5.32 Å². The summed E-state index contributed by atoms with van der Waals surface area (Å²) in [5, 5.41) is 3.00. The van der Waals surface area contributed by atoms with Gasteiger partial charge in [-0.15, -0.1) is 11.6 Å². The van der Waals surface area contributed by atoms with Gasteiger partial charge in [-0.3, -0.25) is 4.79 Å². The normalized spacial score (nSPS) is 17.0. The van der Waals surface area contributed by atoms with Crippen molar-refractivity contribution in [2.24, 2.45) is 5.92 Å². The Morgan fingerprint density at radius 2 is 1.88 bits per heavy atom. The summed E-state index contributed by atoms with van der Waals surface area (Å²) in [6.07, 6.45) is 11.8. The summed E-state index contributed by atoms with van der Waals surface area (Å²) in [5.41, 5.74) is 0. The standard InChI is InChI=1S/C14H26ClNO/c15-11-5-2-6-12-16-14(17)10-9-13-7-3-1-4-8-13/h13H,1-12H2,(H,16,17). The molecule has 0 aliphatic heterocycles. The van der Waals surface area contributed by atoms with E-state index in [1.165, 1.54) is 32.1 Å². The monoisotopic (exact) mass is 259 g/mol. The Hall–Kier alpha value is -0.240. The maximum absolute atomic E-state index is 11.6. The van der Waals surface area contributed by atoms with Crippen molar-refractivity contribution in [3.63, 3.8) is 0 Å². The van der Waals surface area contributed by atoms with Gasteiger partial charge in [0.2, 0.25) is 5.91 Å². The average molecular weight is 260 g/mol. The third-order valence-electron chi connectivity index (χ3n) is 3.64. The second-order valence-corrected chi connectivity index (χ2v) is 5.52. The smallest absolute Gasteiger partial charge is 0.220 e. The average Bonchev–Trinajstić information content (AvgIpc) is 2.37. The predicted molar refractivity (Wildman–Crippen MR) is 73.4 cm³/mol. The Kier molecular flexibility index (Phi) is 8.50. The van der Waals surface area contributed by atoms with Gasteiger partial charge in [0.05, 0.1) is 0 Å². The van der Waals surface area contributed by atoms with Crippen LogP contribution < -0.4 is 5.32 Å². The minimum absolute atomic E-state index is 0.237. The van der Waals surface area contributed by atoms with Gasteiger partial charge in [-0.1, -0.05) is 38.5 Å². The molecule has 0 aromatic rings. The SMILES string of the molecule is O=C(CCC1CCCCC1)NCCCCCCl. The van der Waals surface area contributed by atoms with Crippen molar-refractivity contribution in [2.75, 3.05) is 12.4 Å². The van der Waals surface area contributed by atoms with Crippen LogP contribution in [0.1, 0.15) is 64.2 Å². The first-order chi connectivity index (χ1) is 8.33. The zero-order valence-electron chi connectivity index (χ0n) is 10.8. The van der Waals surface area contributed by atoms with Crippen LogP contribution in [-0.2, 0) is 4.79 Å². The van der Waals surface area contributed by atoms with E-state index in [2.05, 4.69) is 5.32 Å². The molecule has 2 nitrogen and oxygen atoms in total. The molecule has 0 aromatic heterocycles. The Morgan fingerprint density at radius 3 is 2.59 bits per heavy atom. The highest BCUT2D eigenvalue weighted by molar-refractivity contribution is 6.17. The molecule has 0 heterocycles. The van der Waals surface area contributed by atoms with E-state index in [9.17, 15) is 4.79 Å². The fraction of sp³-hybridized carbons (Fsp3) is 0.929. The Balaban J connectivity index is 1.93. The van der Waals surface area contributed by atoms with Crippen LogP contribution in [0.2, 0.25) is 0 Å². The fourth-order valence-electron chi connectivity index (χ4n) is 2.52. The number of alkyl halides is 1. The number of rotatable bonds is 8. The van der Waals surface area contributed by atoms with E-state index in [0.717, 1.165) is 50.4 Å². The van der Waals surface area contributed by atoms with Crippen LogP contribution in [0.5, 0.6) is 0 Å². The minimum atomic E-state index is 0.237. The van der Waals surface area contributed by atoms with Crippen molar-refractivity contribution in [3.8, 4) is 0 Å². The third kappa shape index (κ3) is 7.64. The first-order valence-corrected chi connectivity index (χ1v) is 7.69. The first-order valence-electron chi connectivity index (χ1n) is 7.15. The predicted octanol–water partition coefficient (Wildman–Crippen LogP) is 3.87. The summed E-state index contributed by atoms with van der Waals surface area (Å²) in [5.74, 6) is 1.78. The molecule has 1 fully saturated rings. The molecule has 1 aliphatic carbocycles. The molecule has 0 radical (unpaired) electrons. The van der Waals surface area contributed by atoms with Crippen LogP contribution >= 0.6 is 11.6 Å². The maximum Gasteiger partial charge on any atom is 0.220 e. The summed E-state index contributed by atoms with van der Waals surface area (Å²) >= 11 is 5.59. The summed E-state index contributed by atoms with van der Waals surface area (Å²) in [6.45, 7) is 0.820. The Morgan fingerprint density at radius 1 is 1.12 bits per heavy atom. The number of hydrogen-bond donors (Lipinski definition) is 1. The first kappa shape index (κ1) is 14.8. The van der Waals surface area contributed by atoms with Crippen molar-refractivity contribution in [1.29, 1.82) is 0 Å². The van der Waals surface area contributed by atoms with Gasteiger partial charge in [0, 0.05) is 18.8 Å². The zero-order chi connectivity index (χ0) is 12.3. The van der Waals surface area contributed by atoms with Crippen LogP contribution in [-0.4, -0.2) is 18.3 Å². The lowest BCUT2D eigenvalue weighted by molar-refractivity contribution is -0.121.